The van der Waals surface area contributed by atoms with Crippen LogP contribution in [-0.2, 0) is 0 Å². The molecule has 2 heterocycles. The lowest BCUT2D eigenvalue weighted by Gasteiger charge is -1.88. The Labute approximate surface area is 80.6 Å². The summed E-state index contributed by atoms with van der Waals surface area (Å²) >= 11 is 1.71. The Bertz CT molecular complexity index is 379. The monoisotopic (exact) mass is 188 g/mol. The van der Waals surface area contributed by atoms with Gasteiger partial charge in [0.25, 0.3) is 0 Å². The molecule has 64 valence electrons. The molecular weight excluding hydrogens is 180 g/mol. The number of nitrogens with zero attached hydrogens (tertiary/aromatic N) is 2. The molecule has 0 radical (unpaired) electrons. The first-order valence-electron chi connectivity index (χ1n) is 3.93. The molecule has 0 aliphatic carbocycles. The van der Waals surface area contributed by atoms with Crippen molar-refractivity contribution in [1.82, 2.24) is 9.97 Å². The standard InChI is InChI=1S/C10H8N2S/c1-2-10(13-7-1)4-3-9-8-11-5-6-12-9/h1-8H. The van der Waals surface area contributed by atoms with Crippen molar-refractivity contribution in [2.75, 3.05) is 0 Å². The third-order valence-corrected chi connectivity index (χ3v) is 2.38. The molecule has 2 aromatic rings. The minimum absolute atomic E-state index is 0.885. The second-order valence-electron chi connectivity index (χ2n) is 2.48. The average Bonchev–Trinajstić information content (AvgIpc) is 2.69. The van der Waals surface area contributed by atoms with Gasteiger partial charge >= 0.3 is 0 Å². The molecule has 0 aliphatic rings. The molecule has 2 aromatic heterocycles. The zero-order valence-electron chi connectivity index (χ0n) is 6.92. The molecule has 0 saturated carbocycles. The summed E-state index contributed by atoms with van der Waals surface area (Å²) in [6.45, 7) is 0. The van der Waals surface area contributed by atoms with Crippen LogP contribution in [0.1, 0.15) is 10.6 Å². The molecule has 0 N–H and O–H groups in total. The Morgan fingerprint density at radius 2 is 2.23 bits per heavy atom. The van der Waals surface area contributed by atoms with Gasteiger partial charge < -0.3 is 0 Å². The van der Waals surface area contributed by atoms with Crippen LogP contribution in [0.25, 0.3) is 12.2 Å². The summed E-state index contributed by atoms with van der Waals surface area (Å²) in [6, 6.07) is 4.10. The first-order chi connectivity index (χ1) is 6.45. The van der Waals surface area contributed by atoms with Crippen LogP contribution in [0.3, 0.4) is 0 Å². The van der Waals surface area contributed by atoms with Crippen LogP contribution < -0.4 is 0 Å². The van der Waals surface area contributed by atoms with Gasteiger partial charge in [-0.25, -0.2) is 0 Å². The highest BCUT2D eigenvalue weighted by atomic mass is 32.1. The van der Waals surface area contributed by atoms with Crippen molar-refractivity contribution in [1.29, 1.82) is 0 Å². The maximum absolute atomic E-state index is 4.13. The van der Waals surface area contributed by atoms with Crippen LogP contribution in [-0.4, -0.2) is 9.97 Å². The predicted octanol–water partition coefficient (Wildman–Crippen LogP) is 2.71. The molecule has 0 spiro atoms. The highest BCUT2D eigenvalue weighted by Crippen LogP contribution is 2.11. The van der Waals surface area contributed by atoms with Crippen LogP contribution in [0.15, 0.2) is 36.1 Å². The van der Waals surface area contributed by atoms with E-state index in [0.717, 1.165) is 5.69 Å². The van der Waals surface area contributed by atoms with Crippen molar-refractivity contribution in [3.63, 3.8) is 0 Å². The Balaban J connectivity index is 2.15. The van der Waals surface area contributed by atoms with Crippen LogP contribution in [0.4, 0.5) is 0 Å². The maximum Gasteiger partial charge on any atom is 0.0813 e. The Morgan fingerprint density at radius 1 is 1.23 bits per heavy atom. The fourth-order valence-electron chi connectivity index (χ4n) is 0.950. The minimum Gasteiger partial charge on any atom is -0.261 e. The molecule has 0 saturated heterocycles. The largest absolute Gasteiger partial charge is 0.261 e. The van der Waals surface area contributed by atoms with Crippen molar-refractivity contribution < 1.29 is 0 Å². The molecule has 0 unspecified atom stereocenters. The molecule has 0 fully saturated rings. The van der Waals surface area contributed by atoms with E-state index in [-0.39, 0.29) is 0 Å². The van der Waals surface area contributed by atoms with Crippen molar-refractivity contribution >= 4 is 23.5 Å². The maximum atomic E-state index is 4.13. The zero-order valence-corrected chi connectivity index (χ0v) is 7.74. The first-order valence-corrected chi connectivity index (χ1v) is 4.81. The molecule has 0 amide bonds. The zero-order chi connectivity index (χ0) is 8.93. The predicted molar refractivity (Wildman–Crippen MR) is 55.3 cm³/mol. The second-order valence-corrected chi connectivity index (χ2v) is 3.46. The summed E-state index contributed by atoms with van der Waals surface area (Å²) in [5, 5.41) is 2.05. The highest BCUT2D eigenvalue weighted by Gasteiger charge is 1.87. The van der Waals surface area contributed by atoms with Gasteiger partial charge in [0, 0.05) is 17.3 Å². The third-order valence-electron chi connectivity index (χ3n) is 1.54. The van der Waals surface area contributed by atoms with Crippen LogP contribution in [0.2, 0.25) is 0 Å². The lowest BCUT2D eigenvalue weighted by molar-refractivity contribution is 1.18. The Morgan fingerprint density at radius 3 is 2.92 bits per heavy atom. The Hall–Kier alpha value is -1.48. The van der Waals surface area contributed by atoms with Gasteiger partial charge in [-0.3, -0.25) is 9.97 Å². The lowest BCUT2D eigenvalue weighted by Crippen LogP contribution is -1.79. The fourth-order valence-corrected chi connectivity index (χ4v) is 1.57. The van der Waals surface area contributed by atoms with Crippen molar-refractivity contribution in [2.45, 2.75) is 0 Å². The molecule has 0 bridgehead atoms. The molecule has 13 heavy (non-hydrogen) atoms. The van der Waals surface area contributed by atoms with Gasteiger partial charge in [0.05, 0.1) is 11.9 Å². The second kappa shape index (κ2) is 3.96. The molecule has 2 nitrogen and oxygen atoms in total. The van der Waals surface area contributed by atoms with Gasteiger partial charge in [-0.1, -0.05) is 6.07 Å². The number of hydrogen-bond donors (Lipinski definition) is 0. The summed E-state index contributed by atoms with van der Waals surface area (Å²) in [4.78, 5) is 9.34. The average molecular weight is 188 g/mol. The summed E-state index contributed by atoms with van der Waals surface area (Å²) in [5.41, 5.74) is 0.885. The number of aromatic nitrogens is 2. The Kier molecular flexibility index (Phi) is 2.48. The highest BCUT2D eigenvalue weighted by molar-refractivity contribution is 7.10. The molecule has 0 aliphatic heterocycles. The smallest absolute Gasteiger partial charge is 0.0813 e. The van der Waals surface area contributed by atoms with Crippen LogP contribution in [0, 0.1) is 0 Å². The summed E-state index contributed by atoms with van der Waals surface area (Å²) in [6.07, 6.45) is 9.09. The minimum atomic E-state index is 0.885. The summed E-state index contributed by atoms with van der Waals surface area (Å²) in [7, 11) is 0. The SMILES string of the molecule is C(=Cc1cccs1)c1cnccn1. The van der Waals surface area contributed by atoms with Crippen molar-refractivity contribution in [3.05, 3.63) is 46.7 Å². The summed E-state index contributed by atoms with van der Waals surface area (Å²) < 4.78 is 0. The van der Waals surface area contributed by atoms with Gasteiger partial charge in [0.15, 0.2) is 0 Å². The topological polar surface area (TPSA) is 25.8 Å². The quantitative estimate of drug-likeness (QED) is 0.724. The molecular formula is C10H8N2S. The van der Waals surface area contributed by atoms with E-state index in [1.807, 2.05) is 18.2 Å². The van der Waals surface area contributed by atoms with Gasteiger partial charge in [-0.2, -0.15) is 0 Å². The van der Waals surface area contributed by atoms with Crippen LogP contribution in [0.5, 0.6) is 0 Å². The molecule has 2 rings (SSSR count). The van der Waals surface area contributed by atoms with Gasteiger partial charge in [0.1, 0.15) is 0 Å². The number of rotatable bonds is 2. The van der Waals surface area contributed by atoms with E-state index in [9.17, 15) is 0 Å². The first kappa shape index (κ1) is 8.13. The van der Waals surface area contributed by atoms with E-state index in [4.69, 9.17) is 0 Å². The van der Waals surface area contributed by atoms with Gasteiger partial charge in [-0.15, -0.1) is 11.3 Å². The van der Waals surface area contributed by atoms with E-state index >= 15 is 0 Å². The molecule has 0 aromatic carbocycles. The lowest BCUT2D eigenvalue weighted by atomic mass is 10.3. The molecule has 3 heteroatoms. The van der Waals surface area contributed by atoms with Crippen molar-refractivity contribution in [3.8, 4) is 0 Å². The fraction of sp³-hybridized carbons (Fsp3) is 0. The van der Waals surface area contributed by atoms with Gasteiger partial charge in [-0.05, 0) is 23.6 Å². The van der Waals surface area contributed by atoms with Gasteiger partial charge in [0.2, 0.25) is 0 Å². The summed E-state index contributed by atoms with van der Waals surface area (Å²) in [5.74, 6) is 0. The van der Waals surface area contributed by atoms with E-state index in [1.54, 1.807) is 29.9 Å². The number of hydrogen-bond acceptors (Lipinski definition) is 3. The normalized spacial score (nSPS) is 10.8. The van der Waals surface area contributed by atoms with E-state index < -0.39 is 0 Å². The van der Waals surface area contributed by atoms with E-state index in [1.165, 1.54) is 4.88 Å². The number of thiophene rings is 1. The molecule has 0 atom stereocenters. The van der Waals surface area contributed by atoms with E-state index in [2.05, 4.69) is 21.4 Å². The third kappa shape index (κ3) is 2.23. The van der Waals surface area contributed by atoms with E-state index in [0.29, 0.717) is 0 Å². The van der Waals surface area contributed by atoms with Crippen LogP contribution >= 0.6 is 11.3 Å². The van der Waals surface area contributed by atoms with Crippen molar-refractivity contribution in [2.24, 2.45) is 0 Å².